The minimum absolute atomic E-state index is 0.484. The first-order chi connectivity index (χ1) is 8.27. The Morgan fingerprint density at radius 2 is 1.38 bits per heavy atom. The van der Waals surface area contributed by atoms with Crippen LogP contribution in [0.25, 0.3) is 0 Å². The van der Waals surface area contributed by atoms with Crippen LogP contribution in [0.2, 0.25) is 1.41 Å². The number of hydrogen-bond donors (Lipinski definition) is 2. The Labute approximate surface area is 95.6 Å². The molecule has 2 rings (SSSR count). The van der Waals surface area contributed by atoms with Crippen molar-refractivity contribution in [1.82, 2.24) is 0 Å². The van der Waals surface area contributed by atoms with Gasteiger partial charge in [-0.2, -0.15) is 0 Å². The molecule has 0 aromatic heterocycles. The molecule has 2 aromatic carbocycles. The third kappa shape index (κ3) is 2.85. The highest BCUT2D eigenvalue weighted by molar-refractivity contribution is 5.99. The normalized spacial score (nSPS) is 10.4. The van der Waals surface area contributed by atoms with E-state index in [-0.39, 0.29) is 0 Å². The molecule has 0 unspecified atom stereocenters. The fraction of sp³-hybridized carbons (Fsp3) is 0. The Hall–Kier alpha value is -2.29. The molecule has 0 bridgehead atoms. The second-order valence-electron chi connectivity index (χ2n) is 3.24. The second-order valence-corrected chi connectivity index (χ2v) is 3.24. The summed E-state index contributed by atoms with van der Waals surface area (Å²) in [5.74, 6) is 0. The fourth-order valence-electron chi connectivity index (χ4n) is 1.29. The molecule has 3 nitrogen and oxygen atoms in total. The highest BCUT2D eigenvalue weighted by Crippen LogP contribution is 2.08. The zero-order valence-corrected chi connectivity index (χ0v) is 8.63. The molecule has 2 aromatic rings. The van der Waals surface area contributed by atoms with E-state index in [0.29, 0.717) is 11.4 Å². The Morgan fingerprint density at radius 3 is 1.94 bits per heavy atom. The van der Waals surface area contributed by atoms with Gasteiger partial charge in [0.15, 0.2) is 1.41 Å². The summed E-state index contributed by atoms with van der Waals surface area (Å²) >= 11 is 0. The van der Waals surface area contributed by atoms with Gasteiger partial charge >= 0.3 is 6.03 Å². The number of nitrogens with one attached hydrogen (secondary N) is 2. The molecule has 0 aliphatic heterocycles. The molecular weight excluding hydrogens is 200 g/mol. The first kappa shape index (κ1) is 8.97. The Balaban J connectivity index is 2.06. The summed E-state index contributed by atoms with van der Waals surface area (Å²) in [4.78, 5) is 11.7. The van der Waals surface area contributed by atoms with Gasteiger partial charge in [-0.15, -0.1) is 0 Å². The van der Waals surface area contributed by atoms with Crippen molar-refractivity contribution in [3.8, 4) is 0 Å². The lowest BCUT2D eigenvalue weighted by Gasteiger charge is -2.06. The van der Waals surface area contributed by atoms with Crippen molar-refractivity contribution < 1.29 is 6.21 Å². The molecule has 0 radical (unpaired) electrons. The summed E-state index contributed by atoms with van der Waals surface area (Å²) in [6.45, 7) is 0. The van der Waals surface area contributed by atoms with Crippen LogP contribution in [0.4, 0.5) is 16.2 Å². The lowest BCUT2D eigenvalue weighted by Crippen LogP contribution is -2.19. The topological polar surface area (TPSA) is 41.1 Å². The van der Waals surface area contributed by atoms with Gasteiger partial charge in [-0.05, 0) is 24.3 Å². The number of benzene rings is 2. The van der Waals surface area contributed by atoms with Crippen LogP contribution >= 0.6 is 0 Å². The highest BCUT2D eigenvalue weighted by atomic mass is 16.2. The highest BCUT2D eigenvalue weighted by Gasteiger charge is 2.00. The quantitative estimate of drug-likeness (QED) is 0.789. The molecular formula is C13H12N2O. The van der Waals surface area contributed by atoms with Gasteiger partial charge in [-0.25, -0.2) is 4.79 Å². The van der Waals surface area contributed by atoms with Crippen molar-refractivity contribution in [2.45, 2.75) is 0 Å². The van der Waals surface area contributed by atoms with Crippen LogP contribution in [-0.4, -0.2) is 6.03 Å². The van der Waals surface area contributed by atoms with E-state index in [0.717, 1.165) is 5.31 Å². The van der Waals surface area contributed by atoms with Crippen molar-refractivity contribution in [2.24, 2.45) is 0 Å². The van der Waals surface area contributed by atoms with Crippen LogP contribution in [0, 0.1) is 0 Å². The molecule has 0 aliphatic rings. The van der Waals surface area contributed by atoms with Crippen LogP contribution in [0.3, 0.4) is 0 Å². The third-order valence-corrected chi connectivity index (χ3v) is 2.01. The van der Waals surface area contributed by atoms with Crippen LogP contribution in [0.15, 0.2) is 60.7 Å². The third-order valence-electron chi connectivity index (χ3n) is 2.01. The van der Waals surface area contributed by atoms with Gasteiger partial charge in [-0.3, -0.25) is 0 Å². The minimum Gasteiger partial charge on any atom is -0.308 e. The van der Waals surface area contributed by atoms with E-state index in [1.807, 2.05) is 24.3 Å². The Bertz CT molecular complexity index is 487. The summed E-state index contributed by atoms with van der Waals surface area (Å²) < 4.78 is 7.69. The van der Waals surface area contributed by atoms with Gasteiger partial charge in [0, 0.05) is 11.4 Å². The van der Waals surface area contributed by atoms with Gasteiger partial charge < -0.3 is 10.6 Å². The zero-order valence-electron chi connectivity index (χ0n) is 9.63. The van der Waals surface area contributed by atoms with E-state index < -0.39 is 6.03 Å². The maximum atomic E-state index is 11.7. The SMILES string of the molecule is [2H]N(C(=O)Nc1ccccc1)c1ccccc1. The van der Waals surface area contributed by atoms with Gasteiger partial charge in [0.25, 0.3) is 0 Å². The van der Waals surface area contributed by atoms with Crippen molar-refractivity contribution in [3.63, 3.8) is 0 Å². The van der Waals surface area contributed by atoms with E-state index in [1.54, 1.807) is 36.4 Å². The molecule has 0 saturated heterocycles. The van der Waals surface area contributed by atoms with Crippen LogP contribution in [0.5, 0.6) is 0 Å². The smallest absolute Gasteiger partial charge is 0.308 e. The number of anilines is 2. The van der Waals surface area contributed by atoms with Gasteiger partial charge in [0.05, 0.1) is 0 Å². The molecule has 2 amide bonds. The summed E-state index contributed by atoms with van der Waals surface area (Å²) in [5.41, 5.74) is 1.20. The zero-order chi connectivity index (χ0) is 12.1. The summed E-state index contributed by atoms with van der Waals surface area (Å²) in [5, 5.41) is 3.47. The molecule has 0 aliphatic carbocycles. The number of carbonyl (C=O) groups is 1. The average molecular weight is 213 g/mol. The molecule has 80 valence electrons. The van der Waals surface area contributed by atoms with Crippen LogP contribution < -0.4 is 10.6 Å². The number of rotatable bonds is 2. The molecule has 0 saturated carbocycles. The summed E-state index contributed by atoms with van der Waals surface area (Å²) in [6.07, 6.45) is 0. The van der Waals surface area contributed by atoms with E-state index >= 15 is 0 Å². The van der Waals surface area contributed by atoms with E-state index in [9.17, 15) is 4.79 Å². The largest absolute Gasteiger partial charge is 0.323 e. The Morgan fingerprint density at radius 1 is 0.875 bits per heavy atom. The first-order valence-corrected chi connectivity index (χ1v) is 4.97. The van der Waals surface area contributed by atoms with Crippen molar-refractivity contribution in [2.75, 3.05) is 10.6 Å². The van der Waals surface area contributed by atoms with E-state index in [1.165, 1.54) is 0 Å². The number of para-hydroxylation sites is 2. The second kappa shape index (κ2) is 4.98. The molecule has 0 fully saturated rings. The summed E-state index contributed by atoms with van der Waals surface area (Å²) in [6, 6.07) is 17.4. The lowest BCUT2D eigenvalue weighted by molar-refractivity contribution is 0.262. The van der Waals surface area contributed by atoms with Gasteiger partial charge in [0.1, 0.15) is 0 Å². The van der Waals surface area contributed by atoms with E-state index in [2.05, 4.69) is 5.32 Å². The monoisotopic (exact) mass is 213 g/mol. The average Bonchev–Trinajstić information content (AvgIpc) is 2.40. The standard InChI is InChI=1S/C13H12N2O/c16-13(14-11-7-3-1-4-8-11)15-12-9-5-2-6-10-12/h1-10H,(H2,14,15,16)/i/hD. The fourth-order valence-corrected chi connectivity index (χ4v) is 1.29. The predicted octanol–water partition coefficient (Wildman–Crippen LogP) is 3.33. The number of amides is 2. The van der Waals surface area contributed by atoms with Gasteiger partial charge in [0.2, 0.25) is 0 Å². The van der Waals surface area contributed by atoms with Crippen LogP contribution in [-0.2, 0) is 0 Å². The van der Waals surface area contributed by atoms with Crippen molar-refractivity contribution >= 4 is 17.4 Å². The Kier molecular flexibility index (Phi) is 2.79. The predicted molar refractivity (Wildman–Crippen MR) is 65.5 cm³/mol. The van der Waals surface area contributed by atoms with E-state index in [4.69, 9.17) is 1.41 Å². The number of hydrogen-bond acceptors (Lipinski definition) is 1. The van der Waals surface area contributed by atoms with Crippen LogP contribution in [0.1, 0.15) is 0 Å². The number of carbonyl (C=O) groups excluding carboxylic acids is 1. The summed E-state index contributed by atoms with van der Waals surface area (Å²) in [7, 11) is 0. The van der Waals surface area contributed by atoms with Crippen molar-refractivity contribution in [3.05, 3.63) is 60.7 Å². The van der Waals surface area contributed by atoms with Crippen molar-refractivity contribution in [1.29, 1.82) is 0 Å². The molecule has 16 heavy (non-hydrogen) atoms. The maximum absolute atomic E-state index is 11.7. The minimum atomic E-state index is -0.484. The molecule has 3 heteroatoms. The molecule has 0 spiro atoms. The first-order valence-electron chi connectivity index (χ1n) is 5.42. The molecule has 2 N–H and O–H groups in total. The van der Waals surface area contributed by atoms with Gasteiger partial charge in [-0.1, -0.05) is 36.4 Å². The maximum Gasteiger partial charge on any atom is 0.323 e. The molecule has 0 heterocycles. The molecule has 0 atom stereocenters. The number of urea groups is 1. The lowest BCUT2D eigenvalue weighted by atomic mass is 10.3.